The van der Waals surface area contributed by atoms with E-state index in [9.17, 15) is 5.11 Å². The van der Waals surface area contributed by atoms with Crippen LogP contribution in [-0.2, 0) is 6.42 Å². The molecule has 0 radical (unpaired) electrons. The van der Waals surface area contributed by atoms with Crippen LogP contribution in [0, 0.1) is 5.92 Å². The number of benzene rings is 1. The van der Waals surface area contributed by atoms with Gasteiger partial charge in [0.05, 0.1) is 12.1 Å². The van der Waals surface area contributed by atoms with E-state index in [1.54, 1.807) is 6.07 Å². The standard InChI is InChI=1S/C16H22Cl2N2O/c1-20(9-10-2-4-19-5-3-10)16-13-6-11(17)7-14(18)12(13)8-15(16)21/h6-7,10,15-16,19,21H,2-5,8-9H2,1H3. The number of rotatable bonds is 3. The molecule has 2 unspecified atom stereocenters. The molecular formula is C16H22Cl2N2O. The number of nitrogens with one attached hydrogen (secondary N) is 1. The number of hydrogen-bond donors (Lipinski definition) is 2. The molecule has 3 nitrogen and oxygen atoms in total. The minimum absolute atomic E-state index is 0.00563. The fourth-order valence-corrected chi connectivity index (χ4v) is 4.33. The van der Waals surface area contributed by atoms with Gasteiger partial charge in [-0.05, 0) is 62.2 Å². The van der Waals surface area contributed by atoms with Gasteiger partial charge in [0.25, 0.3) is 0 Å². The van der Waals surface area contributed by atoms with Gasteiger partial charge < -0.3 is 10.4 Å². The van der Waals surface area contributed by atoms with Crippen LogP contribution < -0.4 is 5.32 Å². The number of likely N-dealkylation sites (N-methyl/N-ethyl adjacent to an activating group) is 1. The molecule has 2 atom stereocenters. The predicted octanol–water partition coefficient (Wildman–Crippen LogP) is 2.88. The first-order chi connectivity index (χ1) is 10.1. The molecule has 1 aliphatic carbocycles. The lowest BCUT2D eigenvalue weighted by Gasteiger charge is -2.33. The van der Waals surface area contributed by atoms with Crippen molar-refractivity contribution >= 4 is 23.2 Å². The lowest BCUT2D eigenvalue weighted by Crippen LogP contribution is -2.38. The molecule has 116 valence electrons. The fourth-order valence-electron chi connectivity index (χ4n) is 3.75. The zero-order chi connectivity index (χ0) is 15.0. The van der Waals surface area contributed by atoms with Crippen LogP contribution in [0.2, 0.25) is 10.0 Å². The van der Waals surface area contributed by atoms with Gasteiger partial charge >= 0.3 is 0 Å². The number of hydrogen-bond acceptors (Lipinski definition) is 3. The van der Waals surface area contributed by atoms with Crippen molar-refractivity contribution in [1.82, 2.24) is 10.2 Å². The van der Waals surface area contributed by atoms with Crippen molar-refractivity contribution in [1.29, 1.82) is 0 Å². The lowest BCUT2D eigenvalue weighted by molar-refractivity contribution is 0.0643. The molecule has 3 rings (SSSR count). The number of aliphatic hydroxyl groups is 1. The molecule has 2 aliphatic rings. The summed E-state index contributed by atoms with van der Waals surface area (Å²) in [4.78, 5) is 2.28. The van der Waals surface area contributed by atoms with Crippen molar-refractivity contribution in [2.24, 2.45) is 5.92 Å². The molecule has 2 N–H and O–H groups in total. The first-order valence-electron chi connectivity index (χ1n) is 7.63. The Kier molecular flexibility index (Phi) is 4.77. The van der Waals surface area contributed by atoms with Crippen LogP contribution in [0.1, 0.15) is 30.0 Å². The topological polar surface area (TPSA) is 35.5 Å². The maximum Gasteiger partial charge on any atom is 0.0777 e. The molecule has 1 aromatic rings. The van der Waals surface area contributed by atoms with Gasteiger partial charge in [0.1, 0.15) is 0 Å². The highest BCUT2D eigenvalue weighted by Gasteiger charge is 2.36. The quantitative estimate of drug-likeness (QED) is 0.895. The van der Waals surface area contributed by atoms with Gasteiger partial charge in [0, 0.05) is 23.0 Å². The summed E-state index contributed by atoms with van der Waals surface area (Å²) in [6.07, 6.45) is 2.63. The molecule has 5 heteroatoms. The molecule has 1 fully saturated rings. The molecule has 0 spiro atoms. The van der Waals surface area contributed by atoms with Crippen molar-refractivity contribution in [3.8, 4) is 0 Å². The summed E-state index contributed by atoms with van der Waals surface area (Å²) in [6.45, 7) is 3.20. The Hall–Kier alpha value is -0.320. The Bertz CT molecular complexity index is 517. The Morgan fingerprint density at radius 2 is 2.00 bits per heavy atom. The monoisotopic (exact) mass is 328 g/mol. The minimum Gasteiger partial charge on any atom is -0.391 e. The number of aliphatic hydroxyl groups excluding tert-OH is 1. The third-order valence-corrected chi connectivity index (χ3v) is 5.33. The highest BCUT2D eigenvalue weighted by Crippen LogP contribution is 2.41. The number of nitrogens with zero attached hydrogens (tertiary/aromatic N) is 1. The second-order valence-electron chi connectivity index (χ2n) is 6.30. The Balaban J connectivity index is 1.79. The Morgan fingerprint density at radius 1 is 1.29 bits per heavy atom. The molecule has 1 saturated heterocycles. The third kappa shape index (κ3) is 3.22. The highest BCUT2D eigenvalue weighted by atomic mass is 35.5. The van der Waals surface area contributed by atoms with Gasteiger partial charge in [0.2, 0.25) is 0 Å². The molecule has 1 aliphatic heterocycles. The summed E-state index contributed by atoms with van der Waals surface area (Å²) >= 11 is 12.4. The summed E-state index contributed by atoms with van der Waals surface area (Å²) in [5, 5.41) is 15.2. The van der Waals surface area contributed by atoms with Crippen LogP contribution in [0.3, 0.4) is 0 Å². The van der Waals surface area contributed by atoms with E-state index in [2.05, 4.69) is 17.3 Å². The van der Waals surface area contributed by atoms with Crippen LogP contribution in [0.5, 0.6) is 0 Å². The Labute approximate surface area is 136 Å². The van der Waals surface area contributed by atoms with Crippen LogP contribution in [0.15, 0.2) is 12.1 Å². The molecule has 0 bridgehead atoms. The molecule has 0 aromatic heterocycles. The average molecular weight is 329 g/mol. The smallest absolute Gasteiger partial charge is 0.0777 e. The zero-order valence-corrected chi connectivity index (χ0v) is 13.8. The normalized spacial score (nSPS) is 26.3. The van der Waals surface area contributed by atoms with Crippen molar-refractivity contribution in [3.63, 3.8) is 0 Å². The minimum atomic E-state index is -0.400. The lowest BCUT2D eigenvalue weighted by atomic mass is 9.96. The van der Waals surface area contributed by atoms with E-state index >= 15 is 0 Å². The summed E-state index contributed by atoms with van der Waals surface area (Å²) in [5.74, 6) is 0.696. The Morgan fingerprint density at radius 3 is 2.71 bits per heavy atom. The largest absolute Gasteiger partial charge is 0.391 e. The first kappa shape index (κ1) is 15.6. The molecule has 0 amide bonds. The van der Waals surface area contributed by atoms with E-state index in [-0.39, 0.29) is 6.04 Å². The molecule has 0 saturated carbocycles. The number of piperidine rings is 1. The van der Waals surface area contributed by atoms with Crippen LogP contribution in [0.4, 0.5) is 0 Å². The van der Waals surface area contributed by atoms with E-state index in [0.717, 1.165) is 30.8 Å². The number of halogens is 2. The van der Waals surface area contributed by atoms with Gasteiger partial charge in [-0.2, -0.15) is 0 Å². The van der Waals surface area contributed by atoms with E-state index in [4.69, 9.17) is 23.2 Å². The van der Waals surface area contributed by atoms with Crippen molar-refractivity contribution in [2.45, 2.75) is 31.4 Å². The molecule has 1 heterocycles. The summed E-state index contributed by atoms with van der Waals surface area (Å²) in [5.41, 5.74) is 2.15. The molecule has 1 aromatic carbocycles. The zero-order valence-electron chi connectivity index (χ0n) is 12.3. The second kappa shape index (κ2) is 6.43. The van der Waals surface area contributed by atoms with Gasteiger partial charge in [0.15, 0.2) is 0 Å². The van der Waals surface area contributed by atoms with Crippen molar-refractivity contribution in [2.75, 3.05) is 26.7 Å². The highest BCUT2D eigenvalue weighted by molar-refractivity contribution is 6.35. The van der Waals surface area contributed by atoms with E-state index in [1.807, 2.05) is 6.07 Å². The SMILES string of the molecule is CN(CC1CCNCC1)C1c2cc(Cl)cc(Cl)c2CC1O. The van der Waals surface area contributed by atoms with Gasteiger partial charge in [-0.25, -0.2) is 0 Å². The fraction of sp³-hybridized carbons (Fsp3) is 0.625. The van der Waals surface area contributed by atoms with Crippen LogP contribution >= 0.6 is 23.2 Å². The van der Waals surface area contributed by atoms with Gasteiger partial charge in [-0.15, -0.1) is 0 Å². The first-order valence-corrected chi connectivity index (χ1v) is 8.38. The predicted molar refractivity (Wildman–Crippen MR) is 87.1 cm³/mol. The molecular weight excluding hydrogens is 307 g/mol. The van der Waals surface area contributed by atoms with Crippen LogP contribution in [-0.4, -0.2) is 42.8 Å². The second-order valence-corrected chi connectivity index (χ2v) is 7.15. The molecule has 21 heavy (non-hydrogen) atoms. The summed E-state index contributed by atoms with van der Waals surface area (Å²) in [7, 11) is 2.10. The average Bonchev–Trinajstić information content (AvgIpc) is 2.76. The van der Waals surface area contributed by atoms with Crippen LogP contribution in [0.25, 0.3) is 0 Å². The van der Waals surface area contributed by atoms with Crippen molar-refractivity contribution in [3.05, 3.63) is 33.3 Å². The maximum absolute atomic E-state index is 10.5. The van der Waals surface area contributed by atoms with E-state index < -0.39 is 6.10 Å². The van der Waals surface area contributed by atoms with Gasteiger partial charge in [-0.3, -0.25) is 4.90 Å². The van der Waals surface area contributed by atoms with E-state index in [1.165, 1.54) is 12.8 Å². The third-order valence-electron chi connectivity index (χ3n) is 4.77. The van der Waals surface area contributed by atoms with Crippen molar-refractivity contribution < 1.29 is 5.11 Å². The van der Waals surface area contributed by atoms with E-state index in [0.29, 0.717) is 22.4 Å². The maximum atomic E-state index is 10.5. The summed E-state index contributed by atoms with van der Waals surface area (Å²) < 4.78 is 0. The number of fused-ring (bicyclic) bond motifs is 1. The summed E-state index contributed by atoms with van der Waals surface area (Å²) in [6, 6.07) is 3.73. The van der Waals surface area contributed by atoms with Gasteiger partial charge in [-0.1, -0.05) is 23.2 Å².